The maximum absolute atomic E-state index is 11.0. The maximum atomic E-state index is 11.0. The molecule has 2 aromatic carbocycles. The van der Waals surface area contributed by atoms with Gasteiger partial charge in [0.05, 0.1) is 0 Å². The second-order valence-corrected chi connectivity index (χ2v) is 11.5. The summed E-state index contributed by atoms with van der Waals surface area (Å²) in [6, 6.07) is 11.8. The molecule has 0 aromatic heterocycles. The minimum absolute atomic E-state index is 0.0879. The van der Waals surface area contributed by atoms with Gasteiger partial charge in [0.1, 0.15) is 5.76 Å². The third kappa shape index (κ3) is 3.59. The highest BCUT2D eigenvalue weighted by molar-refractivity contribution is 5.62. The Kier molecular flexibility index (Phi) is 5.32. The summed E-state index contributed by atoms with van der Waals surface area (Å²) < 4.78 is 6.50. The van der Waals surface area contributed by atoms with E-state index in [2.05, 4.69) is 66.0 Å². The van der Waals surface area contributed by atoms with E-state index in [4.69, 9.17) is 10.6 Å². The van der Waals surface area contributed by atoms with Crippen molar-refractivity contribution < 1.29 is 14.9 Å². The number of aliphatic hydroxyl groups excluding tert-OH is 1. The van der Waals surface area contributed by atoms with Crippen LogP contribution in [0.3, 0.4) is 0 Å². The number of ether oxygens (including phenoxy) is 1. The van der Waals surface area contributed by atoms with Gasteiger partial charge in [-0.05, 0) is 46.2 Å². The first-order valence-electron chi connectivity index (χ1n) is 11.5. The largest absolute Gasteiger partial charge is 0.508 e. The lowest BCUT2D eigenvalue weighted by Gasteiger charge is -2.54. The van der Waals surface area contributed by atoms with Crippen LogP contribution in [0.4, 0.5) is 5.69 Å². The molecule has 0 amide bonds. The first-order chi connectivity index (χ1) is 15.3. The number of hydrogen-bond donors (Lipinski definition) is 4. The van der Waals surface area contributed by atoms with E-state index in [-0.39, 0.29) is 28.3 Å². The summed E-state index contributed by atoms with van der Waals surface area (Å²) in [6.07, 6.45) is 3.16. The zero-order valence-corrected chi connectivity index (χ0v) is 20.7. The highest BCUT2D eigenvalue weighted by Gasteiger charge is 2.57. The fraction of sp³-hybridized carbons (Fsp3) is 0.429. The van der Waals surface area contributed by atoms with Crippen molar-refractivity contribution in [1.29, 1.82) is 0 Å². The van der Waals surface area contributed by atoms with E-state index in [1.807, 2.05) is 24.3 Å². The average molecular weight is 449 g/mol. The summed E-state index contributed by atoms with van der Waals surface area (Å²) in [6.45, 7) is 15.3. The van der Waals surface area contributed by atoms with E-state index >= 15 is 0 Å². The lowest BCUT2D eigenvalue weighted by atomic mass is 9.54. The zero-order chi connectivity index (χ0) is 24.3. The van der Waals surface area contributed by atoms with Crippen LogP contribution in [0, 0.1) is 10.8 Å². The summed E-state index contributed by atoms with van der Waals surface area (Å²) >= 11 is 0. The molecule has 176 valence electrons. The molecule has 5 heteroatoms. The number of phenolic OH excluding ortho intramolecular Hbond substituents is 1. The second-order valence-electron chi connectivity index (χ2n) is 11.5. The zero-order valence-electron chi connectivity index (χ0n) is 20.7. The molecule has 33 heavy (non-hydrogen) atoms. The third-order valence-electron chi connectivity index (χ3n) is 7.14. The Balaban J connectivity index is 2.11. The van der Waals surface area contributed by atoms with Crippen LogP contribution in [0.5, 0.6) is 11.5 Å². The Morgan fingerprint density at radius 2 is 1.55 bits per heavy atom. The van der Waals surface area contributed by atoms with E-state index in [0.29, 0.717) is 5.75 Å². The number of rotatable bonds is 2. The van der Waals surface area contributed by atoms with Crippen molar-refractivity contribution in [3.8, 4) is 11.5 Å². The van der Waals surface area contributed by atoms with E-state index in [1.54, 1.807) is 12.1 Å². The number of nitrogens with two attached hydrogens (primary N) is 1. The normalized spacial score (nSPS) is 24.7. The van der Waals surface area contributed by atoms with Gasteiger partial charge in [-0.3, -0.25) is 5.84 Å². The quantitative estimate of drug-likeness (QED) is 0.320. The molecule has 0 saturated heterocycles. The summed E-state index contributed by atoms with van der Waals surface area (Å²) in [4.78, 5) is 0. The number of hydrazine groups is 1. The molecular formula is C28H36N2O3. The van der Waals surface area contributed by atoms with Crippen molar-refractivity contribution in [3.63, 3.8) is 0 Å². The Bertz CT molecular complexity index is 1130. The topological polar surface area (TPSA) is 87.7 Å². The molecule has 1 aliphatic carbocycles. The second kappa shape index (κ2) is 7.56. The molecule has 3 atom stereocenters. The number of benzene rings is 2. The molecule has 2 aromatic rings. The number of anilines is 1. The molecule has 0 fully saturated rings. The number of hydrogen-bond acceptors (Lipinski definition) is 5. The highest BCUT2D eigenvalue weighted by Crippen LogP contribution is 2.63. The number of aromatic hydroxyl groups is 1. The number of allylic oxidation sites excluding steroid dienone is 2. The summed E-state index contributed by atoms with van der Waals surface area (Å²) in [5, 5.41) is 21.9. The monoisotopic (exact) mass is 448 g/mol. The van der Waals surface area contributed by atoms with Crippen LogP contribution in [0.15, 0.2) is 59.9 Å². The van der Waals surface area contributed by atoms with E-state index in [9.17, 15) is 10.2 Å². The predicted molar refractivity (Wildman–Crippen MR) is 134 cm³/mol. The Morgan fingerprint density at radius 1 is 0.909 bits per heavy atom. The van der Waals surface area contributed by atoms with Crippen LogP contribution in [0.2, 0.25) is 0 Å². The number of nitrogen functional groups attached to an aromatic ring is 1. The van der Waals surface area contributed by atoms with Crippen molar-refractivity contribution in [3.05, 3.63) is 76.6 Å². The number of nitrogens with one attached hydrogen (secondary N) is 1. The van der Waals surface area contributed by atoms with Crippen LogP contribution in [-0.2, 0) is 5.41 Å². The van der Waals surface area contributed by atoms with Gasteiger partial charge in [0, 0.05) is 22.6 Å². The molecule has 5 nitrogen and oxygen atoms in total. The third-order valence-corrected chi connectivity index (χ3v) is 7.14. The van der Waals surface area contributed by atoms with Gasteiger partial charge in [0.2, 0.25) is 0 Å². The van der Waals surface area contributed by atoms with Gasteiger partial charge in [-0.15, -0.1) is 0 Å². The van der Waals surface area contributed by atoms with Crippen molar-refractivity contribution in [2.24, 2.45) is 16.7 Å². The molecule has 5 N–H and O–H groups in total. The minimum atomic E-state index is -0.623. The fourth-order valence-electron chi connectivity index (χ4n) is 5.79. The number of aliphatic hydroxyl groups is 1. The SMILES string of the molecule is CC(C)(C)C1=CC=C(O)C2Oc3c(O)ccc(C(C)(C)C)c3C(c3ccc(NN)cc3)C12C. The van der Waals surface area contributed by atoms with Gasteiger partial charge < -0.3 is 20.4 Å². The Morgan fingerprint density at radius 3 is 2.09 bits per heavy atom. The van der Waals surface area contributed by atoms with Crippen LogP contribution in [0.1, 0.15) is 71.1 Å². The summed E-state index contributed by atoms with van der Waals surface area (Å²) in [5.74, 6) is 6.17. The van der Waals surface area contributed by atoms with Crippen LogP contribution in [-0.4, -0.2) is 16.3 Å². The smallest absolute Gasteiger partial charge is 0.166 e. The summed E-state index contributed by atoms with van der Waals surface area (Å²) in [7, 11) is 0. The minimum Gasteiger partial charge on any atom is -0.508 e. The fourth-order valence-corrected chi connectivity index (χ4v) is 5.79. The molecule has 1 aliphatic heterocycles. The summed E-state index contributed by atoms with van der Waals surface area (Å²) in [5.41, 5.74) is 6.94. The molecule has 0 bridgehead atoms. The van der Waals surface area contributed by atoms with Crippen LogP contribution < -0.4 is 16.0 Å². The van der Waals surface area contributed by atoms with Gasteiger partial charge in [0.25, 0.3) is 0 Å². The van der Waals surface area contributed by atoms with Crippen LogP contribution >= 0.6 is 0 Å². The lowest BCUT2D eigenvalue weighted by Crippen LogP contribution is -2.52. The molecule has 3 unspecified atom stereocenters. The predicted octanol–water partition coefficient (Wildman–Crippen LogP) is 6.30. The number of phenols is 1. The average Bonchev–Trinajstić information content (AvgIpc) is 2.71. The van der Waals surface area contributed by atoms with Gasteiger partial charge in [0.15, 0.2) is 17.6 Å². The highest BCUT2D eigenvalue weighted by atomic mass is 16.5. The molecule has 1 heterocycles. The van der Waals surface area contributed by atoms with Crippen molar-refractivity contribution in [2.75, 3.05) is 5.43 Å². The van der Waals surface area contributed by atoms with E-state index in [0.717, 1.165) is 22.4 Å². The Hall–Kier alpha value is -2.92. The molecule has 0 radical (unpaired) electrons. The number of fused-ring (bicyclic) bond motifs is 2. The van der Waals surface area contributed by atoms with Crippen molar-refractivity contribution in [1.82, 2.24) is 0 Å². The lowest BCUT2D eigenvalue weighted by molar-refractivity contribution is 0.0296. The molecule has 2 aliphatic rings. The molecule has 0 saturated carbocycles. The molecule has 0 spiro atoms. The Labute approximate surface area is 196 Å². The van der Waals surface area contributed by atoms with Crippen molar-refractivity contribution >= 4 is 5.69 Å². The molecular weight excluding hydrogens is 412 g/mol. The van der Waals surface area contributed by atoms with Crippen LogP contribution in [0.25, 0.3) is 0 Å². The maximum Gasteiger partial charge on any atom is 0.166 e. The first kappa shape index (κ1) is 23.2. The van der Waals surface area contributed by atoms with Gasteiger partial charge in [-0.25, -0.2) is 0 Å². The van der Waals surface area contributed by atoms with Gasteiger partial charge in [-0.2, -0.15) is 0 Å². The van der Waals surface area contributed by atoms with E-state index < -0.39 is 11.5 Å². The van der Waals surface area contributed by atoms with E-state index in [1.165, 1.54) is 5.57 Å². The standard InChI is InChI=1S/C28H36N2O3/c1-26(2,3)18-12-13-19(31)24-22(18)23(16-8-10-17(30-29)11-9-16)28(7)21(27(4,5)6)15-14-20(32)25(28)33-24/h8-15,23,25,30-32H,29H2,1-7H3. The van der Waals surface area contributed by atoms with Gasteiger partial charge >= 0.3 is 0 Å². The van der Waals surface area contributed by atoms with Gasteiger partial charge in [-0.1, -0.05) is 78.3 Å². The molecule has 4 rings (SSSR count). The van der Waals surface area contributed by atoms with Crippen molar-refractivity contribution in [2.45, 2.75) is 65.9 Å². The first-order valence-corrected chi connectivity index (χ1v) is 11.5.